The lowest BCUT2D eigenvalue weighted by molar-refractivity contribution is 0.0948. The Morgan fingerprint density at radius 1 is 1.18 bits per heavy atom. The summed E-state index contributed by atoms with van der Waals surface area (Å²) in [5.41, 5.74) is 1.76. The van der Waals surface area contributed by atoms with E-state index >= 15 is 0 Å². The van der Waals surface area contributed by atoms with Crippen LogP contribution in [0.5, 0.6) is 5.75 Å². The van der Waals surface area contributed by atoms with Crippen LogP contribution in [0.1, 0.15) is 29.8 Å². The molecule has 0 atom stereocenters. The minimum atomic E-state index is -0.118. The number of carbonyl (C=O) groups is 1. The molecule has 0 fully saturated rings. The lowest BCUT2D eigenvalue weighted by Gasteiger charge is -2.14. The van der Waals surface area contributed by atoms with E-state index in [2.05, 4.69) is 33.4 Å². The predicted molar refractivity (Wildman–Crippen MR) is 92.4 cm³/mol. The molecule has 4 heteroatoms. The second-order valence-corrected chi connectivity index (χ2v) is 6.21. The van der Waals surface area contributed by atoms with E-state index in [1.54, 1.807) is 6.07 Å². The molecule has 0 heterocycles. The second kappa shape index (κ2) is 7.99. The normalized spacial score (nSPS) is 10.5. The van der Waals surface area contributed by atoms with Crippen LogP contribution in [-0.2, 0) is 6.42 Å². The van der Waals surface area contributed by atoms with Crippen LogP contribution in [-0.4, -0.2) is 18.6 Å². The molecular weight excluding hydrogens is 342 g/mol. The Bertz CT molecular complexity index is 626. The minimum absolute atomic E-state index is 0.0250. The molecule has 0 spiro atoms. The first-order valence-electron chi connectivity index (χ1n) is 7.34. The van der Waals surface area contributed by atoms with Crippen LogP contribution in [0.25, 0.3) is 0 Å². The summed E-state index contributed by atoms with van der Waals surface area (Å²) in [5.74, 6) is 0.489. The van der Waals surface area contributed by atoms with E-state index in [1.165, 1.54) is 5.56 Å². The van der Waals surface area contributed by atoms with E-state index in [9.17, 15) is 4.79 Å². The first kappa shape index (κ1) is 16.6. The van der Waals surface area contributed by atoms with Crippen LogP contribution in [0.3, 0.4) is 0 Å². The summed E-state index contributed by atoms with van der Waals surface area (Å²) in [6, 6.07) is 15.6. The van der Waals surface area contributed by atoms with Gasteiger partial charge in [-0.3, -0.25) is 4.79 Å². The van der Waals surface area contributed by atoms with Crippen molar-refractivity contribution in [2.45, 2.75) is 26.4 Å². The van der Waals surface area contributed by atoms with Gasteiger partial charge in [0.25, 0.3) is 5.91 Å². The predicted octanol–water partition coefficient (Wildman–Crippen LogP) is 4.21. The molecule has 0 aliphatic rings. The summed E-state index contributed by atoms with van der Waals surface area (Å²) in [6.07, 6.45) is 0.832. The minimum Gasteiger partial charge on any atom is -0.490 e. The SMILES string of the molecule is CC(C)Oc1ccc(Br)cc1C(=O)NCCc1ccccc1. The van der Waals surface area contributed by atoms with Crippen LogP contribution in [0.15, 0.2) is 53.0 Å². The molecule has 116 valence electrons. The Morgan fingerprint density at radius 3 is 2.59 bits per heavy atom. The Labute approximate surface area is 139 Å². The maximum atomic E-state index is 12.4. The van der Waals surface area contributed by atoms with Gasteiger partial charge in [-0.05, 0) is 44.0 Å². The zero-order valence-electron chi connectivity index (χ0n) is 12.8. The average molecular weight is 362 g/mol. The van der Waals surface area contributed by atoms with Gasteiger partial charge >= 0.3 is 0 Å². The van der Waals surface area contributed by atoms with E-state index < -0.39 is 0 Å². The fraction of sp³-hybridized carbons (Fsp3) is 0.278. The summed E-state index contributed by atoms with van der Waals surface area (Å²) < 4.78 is 6.56. The van der Waals surface area contributed by atoms with Crippen molar-refractivity contribution in [2.24, 2.45) is 0 Å². The molecule has 0 unspecified atom stereocenters. The number of ether oxygens (including phenoxy) is 1. The molecule has 0 saturated heterocycles. The molecule has 0 bridgehead atoms. The summed E-state index contributed by atoms with van der Waals surface area (Å²) in [4.78, 5) is 12.4. The van der Waals surface area contributed by atoms with E-state index in [1.807, 2.05) is 44.2 Å². The van der Waals surface area contributed by atoms with Crippen molar-refractivity contribution in [2.75, 3.05) is 6.54 Å². The first-order valence-corrected chi connectivity index (χ1v) is 8.14. The lowest BCUT2D eigenvalue weighted by Crippen LogP contribution is -2.26. The summed E-state index contributed by atoms with van der Waals surface area (Å²) in [5, 5.41) is 2.95. The second-order valence-electron chi connectivity index (χ2n) is 5.30. The molecule has 2 aromatic carbocycles. The van der Waals surface area contributed by atoms with E-state index in [0.717, 1.165) is 10.9 Å². The monoisotopic (exact) mass is 361 g/mol. The number of carbonyl (C=O) groups excluding carboxylic acids is 1. The zero-order valence-corrected chi connectivity index (χ0v) is 14.4. The third-order valence-electron chi connectivity index (χ3n) is 3.09. The summed E-state index contributed by atoms with van der Waals surface area (Å²) in [7, 11) is 0. The number of halogens is 1. The molecule has 0 aliphatic heterocycles. The molecule has 0 radical (unpaired) electrons. The fourth-order valence-electron chi connectivity index (χ4n) is 2.10. The van der Waals surface area contributed by atoms with Gasteiger partial charge in [-0.2, -0.15) is 0 Å². The van der Waals surface area contributed by atoms with Crippen LogP contribution >= 0.6 is 15.9 Å². The lowest BCUT2D eigenvalue weighted by atomic mass is 10.1. The molecule has 0 saturated carbocycles. The highest BCUT2D eigenvalue weighted by molar-refractivity contribution is 9.10. The summed E-state index contributed by atoms with van der Waals surface area (Å²) >= 11 is 3.40. The van der Waals surface area contributed by atoms with Gasteiger partial charge in [0.15, 0.2) is 0 Å². The third-order valence-corrected chi connectivity index (χ3v) is 3.58. The Balaban J connectivity index is 2.01. The topological polar surface area (TPSA) is 38.3 Å². The number of amides is 1. The van der Waals surface area contributed by atoms with Gasteiger partial charge in [-0.25, -0.2) is 0 Å². The standard InChI is InChI=1S/C18H20BrNO2/c1-13(2)22-17-9-8-15(19)12-16(17)18(21)20-11-10-14-6-4-3-5-7-14/h3-9,12-13H,10-11H2,1-2H3,(H,20,21). The van der Waals surface area contributed by atoms with Crippen molar-refractivity contribution >= 4 is 21.8 Å². The van der Waals surface area contributed by atoms with Crippen LogP contribution in [0, 0.1) is 0 Å². The van der Waals surface area contributed by atoms with E-state index in [0.29, 0.717) is 17.9 Å². The fourth-order valence-corrected chi connectivity index (χ4v) is 2.46. The molecule has 22 heavy (non-hydrogen) atoms. The van der Waals surface area contributed by atoms with E-state index in [4.69, 9.17) is 4.74 Å². The molecule has 2 aromatic rings. The van der Waals surface area contributed by atoms with Crippen molar-refractivity contribution in [3.8, 4) is 5.75 Å². The molecular formula is C18H20BrNO2. The van der Waals surface area contributed by atoms with Gasteiger partial charge in [-0.15, -0.1) is 0 Å². The molecule has 0 aromatic heterocycles. The highest BCUT2D eigenvalue weighted by atomic mass is 79.9. The first-order chi connectivity index (χ1) is 10.6. The van der Waals surface area contributed by atoms with Crippen LogP contribution < -0.4 is 10.1 Å². The van der Waals surface area contributed by atoms with Crippen molar-refractivity contribution in [1.82, 2.24) is 5.32 Å². The molecule has 1 N–H and O–H groups in total. The van der Waals surface area contributed by atoms with E-state index in [-0.39, 0.29) is 12.0 Å². The number of nitrogens with one attached hydrogen (secondary N) is 1. The maximum Gasteiger partial charge on any atom is 0.255 e. The number of hydrogen-bond acceptors (Lipinski definition) is 2. The quantitative estimate of drug-likeness (QED) is 0.836. The van der Waals surface area contributed by atoms with Gasteiger partial charge in [0.1, 0.15) is 5.75 Å². The molecule has 0 aliphatic carbocycles. The van der Waals surface area contributed by atoms with Gasteiger partial charge in [0.2, 0.25) is 0 Å². The molecule has 1 amide bonds. The molecule has 2 rings (SSSR count). The highest BCUT2D eigenvalue weighted by Crippen LogP contribution is 2.24. The van der Waals surface area contributed by atoms with Crippen LogP contribution in [0.4, 0.5) is 0 Å². The zero-order chi connectivity index (χ0) is 15.9. The number of hydrogen-bond donors (Lipinski definition) is 1. The number of rotatable bonds is 6. The largest absolute Gasteiger partial charge is 0.490 e. The smallest absolute Gasteiger partial charge is 0.255 e. The van der Waals surface area contributed by atoms with Gasteiger partial charge < -0.3 is 10.1 Å². The summed E-state index contributed by atoms with van der Waals surface area (Å²) in [6.45, 7) is 4.48. The van der Waals surface area contributed by atoms with Gasteiger partial charge in [0.05, 0.1) is 11.7 Å². The van der Waals surface area contributed by atoms with Gasteiger partial charge in [0, 0.05) is 11.0 Å². The van der Waals surface area contributed by atoms with Crippen molar-refractivity contribution < 1.29 is 9.53 Å². The average Bonchev–Trinajstić information content (AvgIpc) is 2.49. The highest BCUT2D eigenvalue weighted by Gasteiger charge is 2.14. The Morgan fingerprint density at radius 2 is 1.91 bits per heavy atom. The van der Waals surface area contributed by atoms with Crippen molar-refractivity contribution in [3.05, 3.63) is 64.1 Å². The van der Waals surface area contributed by atoms with Crippen LogP contribution in [0.2, 0.25) is 0 Å². The Kier molecular flexibility index (Phi) is 6.01. The number of benzene rings is 2. The maximum absolute atomic E-state index is 12.4. The molecule has 3 nitrogen and oxygen atoms in total. The third kappa shape index (κ3) is 4.88. The van der Waals surface area contributed by atoms with Crippen molar-refractivity contribution in [3.63, 3.8) is 0 Å². The Hall–Kier alpha value is -1.81. The van der Waals surface area contributed by atoms with Crippen molar-refractivity contribution in [1.29, 1.82) is 0 Å². The van der Waals surface area contributed by atoms with Gasteiger partial charge in [-0.1, -0.05) is 46.3 Å².